The number of rotatable bonds is 4. The van der Waals surface area contributed by atoms with Gasteiger partial charge in [-0.15, -0.1) is 0 Å². The summed E-state index contributed by atoms with van der Waals surface area (Å²) in [6.07, 6.45) is 2.13. The van der Waals surface area contributed by atoms with E-state index >= 15 is 0 Å². The molecule has 0 fully saturated rings. The molecule has 0 aliphatic heterocycles. The van der Waals surface area contributed by atoms with Gasteiger partial charge < -0.3 is 5.32 Å². The number of hydrogen-bond donors (Lipinski definition) is 1. The molecule has 0 bridgehead atoms. The first kappa shape index (κ1) is 10.4. The first-order valence-corrected chi connectivity index (χ1v) is 4.81. The van der Waals surface area contributed by atoms with Crippen molar-refractivity contribution in [3.05, 3.63) is 16.4 Å². The van der Waals surface area contributed by atoms with Gasteiger partial charge in [0.2, 0.25) is 0 Å². The molecule has 0 atom stereocenters. The van der Waals surface area contributed by atoms with Crippen molar-refractivity contribution in [2.45, 2.75) is 6.42 Å². The van der Waals surface area contributed by atoms with Crippen LogP contribution in [-0.4, -0.2) is 29.2 Å². The van der Waals surface area contributed by atoms with Gasteiger partial charge in [-0.3, -0.25) is 9.48 Å². The second kappa shape index (κ2) is 4.53. The van der Waals surface area contributed by atoms with E-state index in [4.69, 9.17) is 0 Å². The summed E-state index contributed by atoms with van der Waals surface area (Å²) >= 11 is 3.29. The maximum atomic E-state index is 11.6. The zero-order chi connectivity index (χ0) is 9.84. The molecule has 0 unspecified atom stereocenters. The monoisotopic (exact) mass is 245 g/mol. The minimum absolute atomic E-state index is 0.0984. The largest absolute Gasteiger partial charge is 0.319 e. The first-order chi connectivity index (χ1) is 6.16. The molecule has 1 N–H and O–H groups in total. The summed E-state index contributed by atoms with van der Waals surface area (Å²) in [5, 5.41) is 6.91. The van der Waals surface area contributed by atoms with Gasteiger partial charge in [0.05, 0.1) is 10.7 Å². The molecule has 0 saturated carbocycles. The zero-order valence-corrected chi connectivity index (χ0v) is 9.26. The van der Waals surface area contributed by atoms with Gasteiger partial charge in [-0.25, -0.2) is 0 Å². The van der Waals surface area contributed by atoms with Crippen LogP contribution in [-0.2, 0) is 7.05 Å². The number of carbonyl (C=O) groups excluding carboxylic acids is 1. The lowest BCUT2D eigenvalue weighted by molar-refractivity contribution is 0.0973. The molecule has 5 heteroatoms. The molecule has 4 nitrogen and oxygen atoms in total. The summed E-state index contributed by atoms with van der Waals surface area (Å²) in [5.74, 6) is 0.0984. The molecular weight excluding hydrogens is 234 g/mol. The summed E-state index contributed by atoms with van der Waals surface area (Å²) in [5.41, 5.74) is 0.634. The van der Waals surface area contributed by atoms with Crippen LogP contribution in [0.5, 0.6) is 0 Å². The Kier molecular flexibility index (Phi) is 3.62. The predicted octanol–water partition coefficient (Wildman–Crippen LogP) is 0.975. The summed E-state index contributed by atoms with van der Waals surface area (Å²) in [4.78, 5) is 11.6. The van der Waals surface area contributed by atoms with Gasteiger partial charge in [0, 0.05) is 20.0 Å². The Morgan fingerprint density at radius 3 is 2.92 bits per heavy atom. The van der Waals surface area contributed by atoms with Crippen LogP contribution < -0.4 is 5.32 Å². The lowest BCUT2D eigenvalue weighted by Gasteiger charge is -2.01. The van der Waals surface area contributed by atoms with Crippen molar-refractivity contribution in [3.63, 3.8) is 0 Å². The fourth-order valence-corrected chi connectivity index (χ4v) is 1.65. The number of aromatic nitrogens is 2. The second-order valence-corrected chi connectivity index (χ2v) is 3.60. The number of hydrogen-bond acceptors (Lipinski definition) is 3. The number of halogens is 1. The molecule has 1 aromatic rings. The summed E-state index contributed by atoms with van der Waals surface area (Å²) < 4.78 is 2.35. The molecular formula is C8H12BrN3O. The van der Waals surface area contributed by atoms with Gasteiger partial charge in [-0.05, 0) is 23.0 Å². The van der Waals surface area contributed by atoms with Crippen LogP contribution in [0.4, 0.5) is 0 Å². The van der Waals surface area contributed by atoms with Crippen molar-refractivity contribution in [2.75, 3.05) is 13.6 Å². The smallest absolute Gasteiger partial charge is 0.183 e. The maximum Gasteiger partial charge on any atom is 0.183 e. The number of nitrogens with zero attached hydrogens (tertiary/aromatic N) is 2. The number of ketones is 1. The second-order valence-electron chi connectivity index (χ2n) is 2.74. The van der Waals surface area contributed by atoms with E-state index in [1.807, 2.05) is 7.05 Å². The molecule has 0 aliphatic carbocycles. The number of Topliss-reactive ketones (excluding diaryl/α,β-unsaturated/α-hetero) is 1. The minimum Gasteiger partial charge on any atom is -0.319 e. The van der Waals surface area contributed by atoms with Crippen molar-refractivity contribution in [1.82, 2.24) is 15.1 Å². The van der Waals surface area contributed by atoms with E-state index in [9.17, 15) is 4.79 Å². The molecule has 1 rings (SSSR count). The minimum atomic E-state index is 0.0984. The molecule has 0 radical (unpaired) electrons. The van der Waals surface area contributed by atoms with Crippen LogP contribution in [0.25, 0.3) is 0 Å². The van der Waals surface area contributed by atoms with Crippen LogP contribution in [0.2, 0.25) is 0 Å². The first-order valence-electron chi connectivity index (χ1n) is 4.02. The van der Waals surface area contributed by atoms with E-state index < -0.39 is 0 Å². The fourth-order valence-electron chi connectivity index (χ4n) is 1.08. The molecule has 0 aliphatic rings. The predicted molar refractivity (Wildman–Crippen MR) is 53.8 cm³/mol. The van der Waals surface area contributed by atoms with E-state index in [1.54, 1.807) is 17.9 Å². The molecule has 1 heterocycles. The highest BCUT2D eigenvalue weighted by Crippen LogP contribution is 2.16. The Bertz CT molecular complexity index is 289. The topological polar surface area (TPSA) is 46.9 Å². The lowest BCUT2D eigenvalue weighted by atomic mass is 10.2. The SMILES string of the molecule is CNCCC(=O)c1c(Br)cnn1C. The Morgan fingerprint density at radius 2 is 2.46 bits per heavy atom. The average molecular weight is 246 g/mol. The van der Waals surface area contributed by atoms with Gasteiger partial charge >= 0.3 is 0 Å². The number of aryl methyl sites for hydroxylation is 1. The third-order valence-electron chi connectivity index (χ3n) is 1.76. The van der Waals surface area contributed by atoms with Crippen LogP contribution in [0.3, 0.4) is 0 Å². The third-order valence-corrected chi connectivity index (χ3v) is 2.34. The Balaban J connectivity index is 2.76. The molecule has 0 amide bonds. The van der Waals surface area contributed by atoms with Crippen LogP contribution in [0, 0.1) is 0 Å². The van der Waals surface area contributed by atoms with Gasteiger partial charge in [-0.2, -0.15) is 5.10 Å². The molecule has 1 aromatic heterocycles. The molecule has 0 spiro atoms. The van der Waals surface area contributed by atoms with Crippen LogP contribution in [0.15, 0.2) is 10.7 Å². The highest BCUT2D eigenvalue weighted by atomic mass is 79.9. The Morgan fingerprint density at radius 1 is 1.77 bits per heavy atom. The van der Waals surface area contributed by atoms with Crippen LogP contribution >= 0.6 is 15.9 Å². The van der Waals surface area contributed by atoms with E-state index in [1.165, 1.54) is 0 Å². The molecule has 13 heavy (non-hydrogen) atoms. The molecule has 0 saturated heterocycles. The van der Waals surface area contributed by atoms with E-state index in [0.717, 1.165) is 4.47 Å². The van der Waals surface area contributed by atoms with Crippen molar-refractivity contribution in [1.29, 1.82) is 0 Å². The summed E-state index contributed by atoms with van der Waals surface area (Å²) in [6, 6.07) is 0. The van der Waals surface area contributed by atoms with E-state index in [2.05, 4.69) is 26.3 Å². The summed E-state index contributed by atoms with van der Waals surface area (Å²) in [7, 11) is 3.59. The van der Waals surface area contributed by atoms with Crippen molar-refractivity contribution in [2.24, 2.45) is 7.05 Å². The molecule has 72 valence electrons. The summed E-state index contributed by atoms with van der Waals surface area (Å²) in [6.45, 7) is 0.691. The van der Waals surface area contributed by atoms with E-state index in [0.29, 0.717) is 18.7 Å². The Hall–Kier alpha value is -0.680. The third kappa shape index (κ3) is 2.38. The normalized spacial score (nSPS) is 10.4. The maximum absolute atomic E-state index is 11.6. The standard InChI is InChI=1S/C8H12BrN3O/c1-10-4-3-7(13)8-6(9)5-11-12(8)2/h5,10H,3-4H2,1-2H3. The van der Waals surface area contributed by atoms with Gasteiger partial charge in [0.1, 0.15) is 5.69 Å². The van der Waals surface area contributed by atoms with Gasteiger partial charge in [0.25, 0.3) is 0 Å². The fraction of sp³-hybridized carbons (Fsp3) is 0.500. The zero-order valence-electron chi connectivity index (χ0n) is 7.67. The van der Waals surface area contributed by atoms with Gasteiger partial charge in [0.15, 0.2) is 5.78 Å². The average Bonchev–Trinajstić information content (AvgIpc) is 2.42. The number of carbonyl (C=O) groups is 1. The quantitative estimate of drug-likeness (QED) is 0.805. The van der Waals surface area contributed by atoms with Crippen LogP contribution in [0.1, 0.15) is 16.9 Å². The van der Waals surface area contributed by atoms with E-state index in [-0.39, 0.29) is 5.78 Å². The highest BCUT2D eigenvalue weighted by Gasteiger charge is 2.13. The van der Waals surface area contributed by atoms with Crippen molar-refractivity contribution in [3.8, 4) is 0 Å². The lowest BCUT2D eigenvalue weighted by Crippen LogP contribution is -2.15. The van der Waals surface area contributed by atoms with Crippen molar-refractivity contribution < 1.29 is 4.79 Å². The highest BCUT2D eigenvalue weighted by molar-refractivity contribution is 9.10. The van der Waals surface area contributed by atoms with Crippen molar-refractivity contribution >= 4 is 21.7 Å². The Labute approximate surface area is 85.4 Å². The molecule has 0 aromatic carbocycles. The number of nitrogens with one attached hydrogen (secondary N) is 1. The van der Waals surface area contributed by atoms with Gasteiger partial charge in [-0.1, -0.05) is 0 Å².